The van der Waals surface area contributed by atoms with Crippen LogP contribution in [0.15, 0.2) is 79.3 Å². The Labute approximate surface area is 294 Å². The second kappa shape index (κ2) is 15.0. The van der Waals surface area contributed by atoms with E-state index in [0.29, 0.717) is 0 Å². The van der Waals surface area contributed by atoms with E-state index < -0.39 is 19.2 Å². The van der Waals surface area contributed by atoms with Crippen LogP contribution < -0.4 is 4.40 Å². The van der Waals surface area contributed by atoms with Crippen molar-refractivity contribution in [2.24, 2.45) is 5.92 Å². The molecule has 0 saturated heterocycles. The molecule has 7 heteroatoms. The van der Waals surface area contributed by atoms with E-state index in [4.69, 9.17) is 1.37 Å². The van der Waals surface area contributed by atoms with E-state index in [-0.39, 0.29) is 25.9 Å². The van der Waals surface area contributed by atoms with Crippen LogP contribution in [0.5, 0.6) is 0 Å². The first-order valence-corrected chi connectivity index (χ1v) is 23.9. The molecule has 0 aliphatic heterocycles. The van der Waals surface area contributed by atoms with Crippen molar-refractivity contribution in [3.63, 3.8) is 0 Å². The van der Waals surface area contributed by atoms with Crippen molar-refractivity contribution in [1.82, 2.24) is 15.0 Å². The molecule has 1 aliphatic carbocycles. The average Bonchev–Trinajstić information content (AvgIpc) is 3.68. The van der Waals surface area contributed by atoms with Gasteiger partial charge in [-0.25, -0.2) is 9.37 Å². The summed E-state index contributed by atoms with van der Waals surface area (Å²) in [6, 6.07) is 26.4. The maximum absolute atomic E-state index is 13.6. The third kappa shape index (κ3) is 8.02. The minimum atomic E-state index is -2.03. The van der Waals surface area contributed by atoms with Crippen LogP contribution in [0.1, 0.15) is 57.9 Å². The summed E-state index contributed by atoms with van der Waals surface area (Å²) in [5, 5.41) is 1.89. The first kappa shape index (κ1) is 33.1. The molecule has 0 N–H and O–H groups in total. The number of benzene rings is 2. The molecule has 7 rings (SSSR count). The Kier molecular flexibility index (Phi) is 10.8. The van der Waals surface area contributed by atoms with Gasteiger partial charge in [-0.15, -0.1) is 23.8 Å². The van der Waals surface area contributed by atoms with Crippen LogP contribution in [0, 0.1) is 23.9 Å². The molecular formula is C39H40FGeIrN3S-2. The number of pyridine rings is 3. The third-order valence-electron chi connectivity index (χ3n) is 8.56. The first-order valence-electron chi connectivity index (χ1n) is 16.3. The number of thiophene rings is 1. The summed E-state index contributed by atoms with van der Waals surface area (Å²) >= 11 is -0.456. The summed E-state index contributed by atoms with van der Waals surface area (Å²) in [5.74, 6) is 6.96. The van der Waals surface area contributed by atoms with Crippen molar-refractivity contribution in [1.29, 1.82) is 0 Å². The van der Waals surface area contributed by atoms with Gasteiger partial charge in [-0.2, -0.15) is 11.3 Å². The van der Waals surface area contributed by atoms with Gasteiger partial charge in [0.2, 0.25) is 0 Å². The summed E-state index contributed by atoms with van der Waals surface area (Å²) in [6.45, 7) is 3.91. The molecule has 0 bridgehead atoms. The van der Waals surface area contributed by atoms with Crippen LogP contribution in [-0.4, -0.2) is 28.2 Å². The van der Waals surface area contributed by atoms with Crippen molar-refractivity contribution < 1.29 is 25.9 Å². The molecule has 0 unspecified atom stereocenters. The Morgan fingerprint density at radius 2 is 1.72 bits per heavy atom. The van der Waals surface area contributed by atoms with Crippen LogP contribution in [0.2, 0.25) is 17.3 Å². The maximum atomic E-state index is 13.6. The zero-order chi connectivity index (χ0) is 32.5. The average molecular weight is 868 g/mol. The number of nitrogens with zero attached hydrogens (tertiary/aromatic N) is 3. The Hall–Kier alpha value is -2.77. The Balaban J connectivity index is 0.000000188. The summed E-state index contributed by atoms with van der Waals surface area (Å²) < 4.78 is 24.5. The van der Waals surface area contributed by atoms with Gasteiger partial charge in [-0.05, 0) is 34.9 Å². The largest absolute Gasteiger partial charge is 0 e. The maximum Gasteiger partial charge on any atom is 0 e. The van der Waals surface area contributed by atoms with Crippen molar-refractivity contribution in [2.45, 2.75) is 69.1 Å². The van der Waals surface area contributed by atoms with Gasteiger partial charge in [-0.3, -0.25) is 0 Å². The van der Waals surface area contributed by atoms with Gasteiger partial charge in [0, 0.05) is 31.7 Å². The molecule has 3 nitrogen and oxygen atoms in total. The SMILES string of the molecule is Fc1cnc2sc3c[c-]c(-c4cc(CC5CCCC5)ccn4)cc3c2c1.[2H]C(C)(C)c1cc(-c2[c-]cccc2)nc[c]1[Ge]([CH3])([CH3])[CH3].[Ir]. The third-order valence-corrected chi connectivity index (χ3v) is 13.9. The van der Waals surface area contributed by atoms with Gasteiger partial charge >= 0.3 is 120 Å². The normalized spacial score (nSPS) is 14.1. The predicted octanol–water partition coefficient (Wildman–Crippen LogP) is 10.4. The zero-order valence-corrected chi connectivity index (χ0v) is 32.4. The minimum Gasteiger partial charge on any atom is 0 e. The molecule has 0 atom stereocenters. The second-order valence-electron chi connectivity index (χ2n) is 13.3. The molecule has 4 heterocycles. The topological polar surface area (TPSA) is 38.7 Å². The summed E-state index contributed by atoms with van der Waals surface area (Å²) in [6.07, 6.45) is 11.7. The van der Waals surface area contributed by atoms with E-state index >= 15 is 0 Å². The number of hydrogen-bond donors (Lipinski definition) is 0. The van der Waals surface area contributed by atoms with Gasteiger partial charge in [0.05, 0.1) is 6.20 Å². The van der Waals surface area contributed by atoms with Gasteiger partial charge in [0.15, 0.2) is 0 Å². The summed E-state index contributed by atoms with van der Waals surface area (Å²) in [7, 11) is 0. The van der Waals surface area contributed by atoms with Crippen LogP contribution in [0.3, 0.4) is 0 Å². The predicted molar refractivity (Wildman–Crippen MR) is 190 cm³/mol. The number of halogens is 1. The molecule has 2 aromatic carbocycles. The summed E-state index contributed by atoms with van der Waals surface area (Å²) in [4.78, 5) is 14.2. The fraction of sp³-hybridized carbons (Fsp3) is 0.308. The molecule has 1 fully saturated rings. The second-order valence-corrected chi connectivity index (χ2v) is 24.9. The van der Waals surface area contributed by atoms with Crippen molar-refractivity contribution in [3.8, 4) is 22.5 Å². The quantitative estimate of drug-likeness (QED) is 0.124. The molecule has 0 amide bonds. The smallest absolute Gasteiger partial charge is 0 e. The number of rotatable bonds is 6. The van der Waals surface area contributed by atoms with Crippen LogP contribution in [0.25, 0.3) is 42.8 Å². The molecule has 239 valence electrons. The molecule has 46 heavy (non-hydrogen) atoms. The number of aromatic nitrogens is 3. The Morgan fingerprint density at radius 1 is 0.935 bits per heavy atom. The van der Waals surface area contributed by atoms with Gasteiger partial charge in [-0.1, -0.05) is 42.7 Å². The Bertz CT molecular complexity index is 1980. The molecule has 4 aromatic heterocycles. The standard InChI is InChI=1S/C22H18FN2S.C17H22GeN.Ir/c23-17-12-19-18-11-16(5-6-21(18)26-22(19)25-13-17)20-10-15(7-8-24-20)9-14-3-1-2-4-14;1-13(2)15-11-17(14-9-7-6-8-10-14)19-12-16(15)18(3,4)5;/h6-8,10-14H,1-4,9H2;6-9,11-13H,1-5H3;/q2*-1;/i;13D;. The van der Waals surface area contributed by atoms with Crippen molar-refractivity contribution >= 4 is 49.3 Å². The van der Waals surface area contributed by atoms with E-state index in [0.717, 1.165) is 60.7 Å². The van der Waals surface area contributed by atoms with Crippen LogP contribution in [0.4, 0.5) is 4.39 Å². The fourth-order valence-corrected chi connectivity index (χ4v) is 10.5. The van der Waals surface area contributed by atoms with Crippen molar-refractivity contribution in [3.05, 3.63) is 108 Å². The number of hydrogen-bond acceptors (Lipinski definition) is 4. The molecule has 1 saturated carbocycles. The Morgan fingerprint density at radius 3 is 2.43 bits per heavy atom. The van der Waals surface area contributed by atoms with E-state index in [1.54, 1.807) is 17.4 Å². The van der Waals surface area contributed by atoms with Gasteiger partial charge < -0.3 is 4.98 Å². The van der Waals surface area contributed by atoms with E-state index in [1.807, 2.05) is 56.6 Å². The van der Waals surface area contributed by atoms with Crippen LogP contribution >= 0.6 is 11.3 Å². The van der Waals surface area contributed by atoms with Gasteiger partial charge in [0.25, 0.3) is 0 Å². The minimum absolute atomic E-state index is 0. The molecule has 6 aromatic rings. The fourth-order valence-electron chi connectivity index (χ4n) is 6.19. The first-order chi connectivity index (χ1) is 22.0. The van der Waals surface area contributed by atoms with E-state index in [2.05, 4.69) is 68.6 Å². The number of fused-ring (bicyclic) bond motifs is 3. The molecular weight excluding hydrogens is 826 g/mol. The zero-order valence-electron chi connectivity index (χ0n) is 28.1. The molecule has 1 aliphatic rings. The molecule has 1 radical (unpaired) electrons. The van der Waals surface area contributed by atoms with E-state index in [1.165, 1.54) is 41.8 Å². The monoisotopic (exact) mass is 869 g/mol. The van der Waals surface area contributed by atoms with Crippen molar-refractivity contribution in [2.75, 3.05) is 0 Å². The van der Waals surface area contributed by atoms with E-state index in [9.17, 15) is 4.39 Å². The summed E-state index contributed by atoms with van der Waals surface area (Å²) in [5.41, 5.74) is 6.26. The van der Waals surface area contributed by atoms with Gasteiger partial charge in [0.1, 0.15) is 10.6 Å². The van der Waals surface area contributed by atoms with Crippen LogP contribution in [-0.2, 0) is 26.5 Å². The molecule has 0 spiro atoms.